The predicted octanol–water partition coefficient (Wildman–Crippen LogP) is 2.78. The van der Waals surface area contributed by atoms with Gasteiger partial charge in [-0.05, 0) is 43.5 Å². The molecule has 0 spiro atoms. The third-order valence-corrected chi connectivity index (χ3v) is 4.16. The van der Waals surface area contributed by atoms with E-state index in [4.69, 9.17) is 22.1 Å². The molecular formula is C13H17ClFNO. The summed E-state index contributed by atoms with van der Waals surface area (Å²) in [6.45, 7) is 3.26. The summed E-state index contributed by atoms with van der Waals surface area (Å²) in [6.07, 6.45) is 1.66. The summed E-state index contributed by atoms with van der Waals surface area (Å²) >= 11 is 6.09. The molecule has 2 rings (SSSR count). The predicted molar refractivity (Wildman–Crippen MR) is 66.6 cm³/mol. The van der Waals surface area contributed by atoms with Crippen LogP contribution >= 0.6 is 11.6 Å². The van der Waals surface area contributed by atoms with E-state index in [2.05, 4.69) is 0 Å². The topological polar surface area (TPSA) is 35.2 Å². The second-order valence-electron chi connectivity index (χ2n) is 4.74. The van der Waals surface area contributed by atoms with Crippen molar-refractivity contribution in [1.29, 1.82) is 0 Å². The Labute approximate surface area is 106 Å². The van der Waals surface area contributed by atoms with Gasteiger partial charge in [-0.25, -0.2) is 4.39 Å². The van der Waals surface area contributed by atoms with Gasteiger partial charge < -0.3 is 10.5 Å². The number of hydrogen-bond donors (Lipinski definition) is 1. The molecule has 1 aromatic carbocycles. The van der Waals surface area contributed by atoms with Gasteiger partial charge in [-0.1, -0.05) is 11.6 Å². The molecule has 2 nitrogen and oxygen atoms in total. The highest BCUT2D eigenvalue weighted by Crippen LogP contribution is 2.38. The van der Waals surface area contributed by atoms with E-state index < -0.39 is 0 Å². The van der Waals surface area contributed by atoms with Gasteiger partial charge in [0.25, 0.3) is 0 Å². The number of rotatable bonds is 3. The molecule has 0 radical (unpaired) electrons. The summed E-state index contributed by atoms with van der Waals surface area (Å²) in [6, 6.07) is 4.46. The van der Waals surface area contributed by atoms with Crippen LogP contribution < -0.4 is 5.73 Å². The van der Waals surface area contributed by atoms with Crippen molar-refractivity contribution in [3.63, 3.8) is 0 Å². The lowest BCUT2D eigenvalue weighted by Gasteiger charge is -2.31. The lowest BCUT2D eigenvalue weighted by Crippen LogP contribution is -2.38. The normalized spacial score (nSPS) is 28.6. The van der Waals surface area contributed by atoms with E-state index in [9.17, 15) is 4.39 Å². The maximum absolute atomic E-state index is 13.2. The standard InChI is InChI=1S/C13H17ClFNO/c1-9-13(8-16,4-5-17-9)7-10-6-11(15)2-3-12(10)14/h2-3,6,9H,4-5,7-8,16H2,1H3. The highest BCUT2D eigenvalue weighted by molar-refractivity contribution is 6.31. The smallest absolute Gasteiger partial charge is 0.123 e. The van der Waals surface area contributed by atoms with Crippen molar-refractivity contribution in [2.24, 2.45) is 11.1 Å². The molecule has 0 amide bonds. The molecular weight excluding hydrogens is 241 g/mol. The van der Waals surface area contributed by atoms with Gasteiger partial charge in [0.1, 0.15) is 5.82 Å². The van der Waals surface area contributed by atoms with Gasteiger partial charge in [0, 0.05) is 23.6 Å². The minimum absolute atomic E-state index is 0.0897. The summed E-state index contributed by atoms with van der Waals surface area (Å²) in [5, 5.41) is 0.596. The molecule has 17 heavy (non-hydrogen) atoms. The fraction of sp³-hybridized carbons (Fsp3) is 0.538. The highest BCUT2D eigenvalue weighted by Gasteiger charge is 2.40. The zero-order valence-corrected chi connectivity index (χ0v) is 10.6. The first-order valence-electron chi connectivity index (χ1n) is 5.83. The molecule has 0 aromatic heterocycles. The molecule has 2 N–H and O–H groups in total. The summed E-state index contributed by atoms with van der Waals surface area (Å²) in [5.41, 5.74) is 6.58. The average Bonchev–Trinajstić information content (AvgIpc) is 2.66. The van der Waals surface area contributed by atoms with Gasteiger partial charge in [-0.3, -0.25) is 0 Å². The fourth-order valence-corrected chi connectivity index (χ4v) is 2.63. The molecule has 2 unspecified atom stereocenters. The van der Waals surface area contributed by atoms with Crippen molar-refractivity contribution in [1.82, 2.24) is 0 Å². The van der Waals surface area contributed by atoms with E-state index in [1.807, 2.05) is 6.92 Å². The zero-order valence-electron chi connectivity index (χ0n) is 9.88. The Balaban J connectivity index is 2.27. The zero-order chi connectivity index (χ0) is 12.5. The van der Waals surface area contributed by atoms with Crippen molar-refractivity contribution < 1.29 is 9.13 Å². The van der Waals surface area contributed by atoms with E-state index in [1.54, 1.807) is 6.07 Å². The quantitative estimate of drug-likeness (QED) is 0.904. The Kier molecular flexibility index (Phi) is 3.71. The lowest BCUT2D eigenvalue weighted by molar-refractivity contribution is 0.0673. The minimum Gasteiger partial charge on any atom is -0.378 e. The molecule has 1 fully saturated rings. The number of benzene rings is 1. The number of hydrogen-bond acceptors (Lipinski definition) is 2. The Morgan fingerprint density at radius 2 is 2.35 bits per heavy atom. The molecule has 1 saturated heterocycles. The van der Waals surface area contributed by atoms with E-state index in [-0.39, 0.29) is 17.3 Å². The van der Waals surface area contributed by atoms with Crippen molar-refractivity contribution in [2.45, 2.75) is 25.9 Å². The van der Waals surface area contributed by atoms with Crippen LogP contribution in [0.25, 0.3) is 0 Å². The summed E-state index contributed by atoms with van der Waals surface area (Å²) in [5.74, 6) is -0.261. The van der Waals surface area contributed by atoms with Crippen LogP contribution in [0.3, 0.4) is 0 Å². The molecule has 1 aliphatic rings. The van der Waals surface area contributed by atoms with Crippen LogP contribution in [0.2, 0.25) is 5.02 Å². The first kappa shape index (κ1) is 12.8. The van der Waals surface area contributed by atoms with E-state index in [0.29, 0.717) is 24.6 Å². The maximum Gasteiger partial charge on any atom is 0.123 e. The fourth-order valence-electron chi connectivity index (χ4n) is 2.45. The van der Waals surface area contributed by atoms with Gasteiger partial charge in [-0.2, -0.15) is 0 Å². The summed E-state index contributed by atoms with van der Waals surface area (Å²) in [7, 11) is 0. The van der Waals surface area contributed by atoms with Crippen LogP contribution in [0.5, 0.6) is 0 Å². The van der Waals surface area contributed by atoms with Gasteiger partial charge >= 0.3 is 0 Å². The summed E-state index contributed by atoms with van der Waals surface area (Å²) < 4.78 is 18.8. The first-order valence-corrected chi connectivity index (χ1v) is 6.21. The number of nitrogens with two attached hydrogens (primary N) is 1. The summed E-state index contributed by atoms with van der Waals surface area (Å²) in [4.78, 5) is 0. The SMILES string of the molecule is CC1OCCC1(CN)Cc1cc(F)ccc1Cl. The molecule has 1 heterocycles. The molecule has 0 saturated carbocycles. The van der Waals surface area contributed by atoms with Gasteiger partial charge in [0.15, 0.2) is 0 Å². The Hall–Kier alpha value is -0.640. The monoisotopic (exact) mass is 257 g/mol. The third kappa shape index (κ3) is 2.46. The Morgan fingerprint density at radius 3 is 2.94 bits per heavy atom. The second kappa shape index (κ2) is 4.92. The molecule has 94 valence electrons. The molecule has 1 aliphatic heterocycles. The van der Waals surface area contributed by atoms with Gasteiger partial charge in [0.2, 0.25) is 0 Å². The largest absolute Gasteiger partial charge is 0.378 e. The van der Waals surface area contributed by atoms with Crippen LogP contribution in [0.4, 0.5) is 4.39 Å². The van der Waals surface area contributed by atoms with E-state index >= 15 is 0 Å². The lowest BCUT2D eigenvalue weighted by atomic mass is 9.76. The molecule has 0 bridgehead atoms. The second-order valence-corrected chi connectivity index (χ2v) is 5.15. The van der Waals surface area contributed by atoms with Crippen molar-refractivity contribution >= 4 is 11.6 Å². The number of ether oxygens (including phenoxy) is 1. The van der Waals surface area contributed by atoms with Crippen LogP contribution in [-0.2, 0) is 11.2 Å². The highest BCUT2D eigenvalue weighted by atomic mass is 35.5. The van der Waals surface area contributed by atoms with E-state index in [0.717, 1.165) is 12.0 Å². The third-order valence-electron chi connectivity index (χ3n) is 3.79. The van der Waals surface area contributed by atoms with Crippen molar-refractivity contribution in [3.8, 4) is 0 Å². The Morgan fingerprint density at radius 1 is 1.59 bits per heavy atom. The van der Waals surface area contributed by atoms with Crippen LogP contribution in [0.15, 0.2) is 18.2 Å². The molecule has 2 atom stereocenters. The maximum atomic E-state index is 13.2. The van der Waals surface area contributed by atoms with Crippen molar-refractivity contribution in [3.05, 3.63) is 34.6 Å². The first-order chi connectivity index (χ1) is 8.07. The number of halogens is 2. The molecule has 1 aromatic rings. The van der Waals surface area contributed by atoms with Gasteiger partial charge in [0.05, 0.1) is 6.10 Å². The average molecular weight is 258 g/mol. The Bertz CT molecular complexity index is 412. The van der Waals surface area contributed by atoms with Crippen LogP contribution in [-0.4, -0.2) is 19.3 Å². The van der Waals surface area contributed by atoms with Crippen molar-refractivity contribution in [2.75, 3.05) is 13.2 Å². The van der Waals surface area contributed by atoms with E-state index in [1.165, 1.54) is 12.1 Å². The minimum atomic E-state index is -0.261. The van der Waals surface area contributed by atoms with Crippen LogP contribution in [0, 0.1) is 11.2 Å². The van der Waals surface area contributed by atoms with Crippen LogP contribution in [0.1, 0.15) is 18.9 Å². The molecule has 4 heteroatoms. The van der Waals surface area contributed by atoms with Gasteiger partial charge in [-0.15, -0.1) is 0 Å². The molecule has 0 aliphatic carbocycles.